The summed E-state index contributed by atoms with van der Waals surface area (Å²) in [6, 6.07) is 7.62. The molecule has 0 saturated heterocycles. The molecule has 0 fully saturated rings. The zero-order valence-corrected chi connectivity index (χ0v) is 11.4. The molecule has 0 spiro atoms. The molecule has 0 amide bonds. The van der Waals surface area contributed by atoms with Gasteiger partial charge in [-0.2, -0.15) is 0 Å². The van der Waals surface area contributed by atoms with Gasteiger partial charge in [-0.05, 0) is 19.1 Å². The van der Waals surface area contributed by atoms with Gasteiger partial charge < -0.3 is 9.63 Å². The van der Waals surface area contributed by atoms with Crippen LogP contribution in [0.3, 0.4) is 0 Å². The second-order valence-electron chi connectivity index (χ2n) is 4.17. The molecule has 0 saturated carbocycles. The summed E-state index contributed by atoms with van der Waals surface area (Å²) in [5.74, 6) is 0.318. The number of benzene rings is 1. The lowest BCUT2D eigenvalue weighted by Crippen LogP contribution is -2.27. The first-order valence-corrected chi connectivity index (χ1v) is 7.17. The monoisotopic (exact) mass is 282 g/mol. The fourth-order valence-electron chi connectivity index (χ4n) is 1.62. The number of aromatic nitrogens is 1. The molecule has 2 aromatic rings. The van der Waals surface area contributed by atoms with Gasteiger partial charge in [-0.15, -0.1) is 0 Å². The number of anilines is 1. The Morgan fingerprint density at radius 2 is 2.11 bits per heavy atom. The first-order chi connectivity index (χ1) is 8.88. The average Bonchev–Trinajstić information content (AvgIpc) is 2.73. The van der Waals surface area contributed by atoms with Gasteiger partial charge in [-0.25, -0.2) is 8.42 Å². The predicted octanol–water partition coefficient (Wildman–Crippen LogP) is 1.65. The number of hydrogen-bond donors (Lipinski definition) is 1. The zero-order valence-electron chi connectivity index (χ0n) is 10.6. The van der Waals surface area contributed by atoms with E-state index in [2.05, 4.69) is 5.16 Å². The summed E-state index contributed by atoms with van der Waals surface area (Å²) in [6.45, 7) is 1.70. The largest absolute Gasteiger partial charge is 0.508 e. The van der Waals surface area contributed by atoms with Crippen LogP contribution in [0, 0.1) is 6.92 Å². The SMILES string of the molecule is Cc1cc(CS(=O)(=O)N(C)c2cccc(O)c2)no1. The number of phenolic OH excluding ortho intramolecular Hbond substituents is 1. The molecule has 0 atom stereocenters. The molecule has 102 valence electrons. The summed E-state index contributed by atoms with van der Waals surface area (Å²) in [5.41, 5.74) is 0.740. The third-order valence-electron chi connectivity index (χ3n) is 2.62. The van der Waals surface area contributed by atoms with Crippen molar-refractivity contribution in [1.82, 2.24) is 5.16 Å². The molecule has 7 heteroatoms. The van der Waals surface area contributed by atoms with Crippen LogP contribution in [-0.2, 0) is 15.8 Å². The normalized spacial score (nSPS) is 11.5. The molecule has 0 unspecified atom stereocenters. The Balaban J connectivity index is 2.24. The summed E-state index contributed by atoms with van der Waals surface area (Å²) in [4.78, 5) is 0. The lowest BCUT2D eigenvalue weighted by Gasteiger charge is -2.18. The van der Waals surface area contributed by atoms with Crippen molar-refractivity contribution in [1.29, 1.82) is 0 Å². The zero-order chi connectivity index (χ0) is 14.0. The van der Waals surface area contributed by atoms with Crippen molar-refractivity contribution in [2.24, 2.45) is 0 Å². The molecule has 0 radical (unpaired) electrons. The summed E-state index contributed by atoms with van der Waals surface area (Å²) >= 11 is 0. The second kappa shape index (κ2) is 4.93. The van der Waals surface area contributed by atoms with E-state index in [9.17, 15) is 13.5 Å². The van der Waals surface area contributed by atoms with Gasteiger partial charge in [0.1, 0.15) is 23.0 Å². The Hall–Kier alpha value is -2.02. The highest BCUT2D eigenvalue weighted by Gasteiger charge is 2.21. The number of aromatic hydroxyl groups is 1. The standard InChI is InChI=1S/C12H14N2O4S/c1-9-6-10(13-18-9)8-19(16,17)14(2)11-4-3-5-12(15)7-11/h3-7,15H,8H2,1-2H3. The maximum Gasteiger partial charge on any atom is 0.240 e. The van der Waals surface area contributed by atoms with Crippen LogP contribution < -0.4 is 4.31 Å². The van der Waals surface area contributed by atoms with Crippen LogP contribution in [0.4, 0.5) is 5.69 Å². The van der Waals surface area contributed by atoms with Crippen molar-refractivity contribution < 1.29 is 18.0 Å². The van der Waals surface area contributed by atoms with Crippen LogP contribution in [0.1, 0.15) is 11.5 Å². The van der Waals surface area contributed by atoms with E-state index < -0.39 is 10.0 Å². The van der Waals surface area contributed by atoms with E-state index in [1.807, 2.05) is 0 Å². The van der Waals surface area contributed by atoms with E-state index in [0.717, 1.165) is 4.31 Å². The molecule has 1 N–H and O–H groups in total. The molecule has 1 aromatic heterocycles. The molecule has 6 nitrogen and oxygen atoms in total. The van der Waals surface area contributed by atoms with E-state index in [1.54, 1.807) is 25.1 Å². The first kappa shape index (κ1) is 13.4. The lowest BCUT2D eigenvalue weighted by molar-refractivity contribution is 0.392. The Kier molecular flexibility index (Phi) is 3.48. The number of rotatable bonds is 4. The number of aryl methyl sites for hydroxylation is 1. The van der Waals surface area contributed by atoms with E-state index in [0.29, 0.717) is 17.1 Å². The van der Waals surface area contributed by atoms with Gasteiger partial charge in [0, 0.05) is 19.2 Å². The fraction of sp³-hybridized carbons (Fsp3) is 0.250. The summed E-state index contributed by atoms with van der Waals surface area (Å²) in [7, 11) is -2.14. The fourth-order valence-corrected chi connectivity index (χ4v) is 2.76. The molecule has 0 aliphatic carbocycles. The number of phenols is 1. The molecular weight excluding hydrogens is 268 g/mol. The molecule has 1 aromatic carbocycles. The Morgan fingerprint density at radius 1 is 1.37 bits per heavy atom. The van der Waals surface area contributed by atoms with Gasteiger partial charge in [0.25, 0.3) is 0 Å². The van der Waals surface area contributed by atoms with Crippen LogP contribution in [-0.4, -0.2) is 25.7 Å². The van der Waals surface area contributed by atoms with Gasteiger partial charge in [-0.1, -0.05) is 11.2 Å². The maximum atomic E-state index is 12.2. The molecule has 2 rings (SSSR count). The van der Waals surface area contributed by atoms with Crippen molar-refractivity contribution >= 4 is 15.7 Å². The predicted molar refractivity (Wildman–Crippen MR) is 70.4 cm³/mol. The minimum atomic E-state index is -3.57. The first-order valence-electron chi connectivity index (χ1n) is 5.56. The van der Waals surface area contributed by atoms with Gasteiger partial charge in [0.05, 0.1) is 5.69 Å². The minimum absolute atomic E-state index is 0.0110. The third kappa shape index (κ3) is 3.05. The van der Waals surface area contributed by atoms with Gasteiger partial charge in [-0.3, -0.25) is 4.31 Å². The van der Waals surface area contributed by atoms with E-state index in [4.69, 9.17) is 4.52 Å². The van der Waals surface area contributed by atoms with Gasteiger partial charge in [0.2, 0.25) is 10.0 Å². The van der Waals surface area contributed by atoms with Crippen LogP contribution >= 0.6 is 0 Å². The number of sulfonamides is 1. The minimum Gasteiger partial charge on any atom is -0.508 e. The third-order valence-corrected chi connectivity index (χ3v) is 4.32. The molecular formula is C12H14N2O4S. The van der Waals surface area contributed by atoms with E-state index in [1.165, 1.54) is 19.2 Å². The molecule has 1 heterocycles. The van der Waals surface area contributed by atoms with Gasteiger partial charge >= 0.3 is 0 Å². The summed E-state index contributed by atoms with van der Waals surface area (Å²) in [6.07, 6.45) is 0. The van der Waals surface area contributed by atoms with Crippen LogP contribution in [0.25, 0.3) is 0 Å². The Labute approximate surface area is 111 Å². The van der Waals surface area contributed by atoms with Gasteiger partial charge in [0.15, 0.2) is 0 Å². The molecule has 0 aliphatic heterocycles. The smallest absolute Gasteiger partial charge is 0.240 e. The number of nitrogens with zero attached hydrogens (tertiary/aromatic N) is 2. The lowest BCUT2D eigenvalue weighted by atomic mass is 10.3. The highest BCUT2D eigenvalue weighted by molar-refractivity contribution is 7.92. The highest BCUT2D eigenvalue weighted by Crippen LogP contribution is 2.22. The quantitative estimate of drug-likeness (QED) is 0.922. The topological polar surface area (TPSA) is 83.6 Å². The van der Waals surface area contributed by atoms with Crippen LogP contribution in [0.5, 0.6) is 5.75 Å². The van der Waals surface area contributed by atoms with Crippen molar-refractivity contribution in [3.8, 4) is 5.75 Å². The van der Waals surface area contributed by atoms with Crippen LogP contribution in [0.15, 0.2) is 34.9 Å². The summed E-state index contributed by atoms with van der Waals surface area (Å²) < 4.78 is 30.3. The van der Waals surface area contributed by atoms with Crippen LogP contribution in [0.2, 0.25) is 0 Å². The van der Waals surface area contributed by atoms with Crippen molar-refractivity contribution in [3.63, 3.8) is 0 Å². The van der Waals surface area contributed by atoms with Crippen molar-refractivity contribution in [2.45, 2.75) is 12.7 Å². The molecule has 0 bridgehead atoms. The maximum absolute atomic E-state index is 12.2. The van der Waals surface area contributed by atoms with Crippen molar-refractivity contribution in [2.75, 3.05) is 11.4 Å². The molecule has 19 heavy (non-hydrogen) atoms. The highest BCUT2D eigenvalue weighted by atomic mass is 32.2. The van der Waals surface area contributed by atoms with Crippen molar-refractivity contribution in [3.05, 3.63) is 41.8 Å². The number of hydrogen-bond acceptors (Lipinski definition) is 5. The second-order valence-corrected chi connectivity index (χ2v) is 6.17. The Morgan fingerprint density at radius 3 is 2.68 bits per heavy atom. The molecule has 0 aliphatic rings. The van der Waals surface area contributed by atoms with E-state index in [-0.39, 0.29) is 11.5 Å². The average molecular weight is 282 g/mol. The van der Waals surface area contributed by atoms with E-state index >= 15 is 0 Å². The summed E-state index contributed by atoms with van der Waals surface area (Å²) in [5, 5.41) is 13.0. The Bertz CT molecular complexity index is 679.